The number of nitrogens with zero attached hydrogens (tertiary/aromatic N) is 4. The van der Waals surface area contributed by atoms with Gasteiger partial charge in [-0.2, -0.15) is 5.26 Å². The van der Waals surface area contributed by atoms with E-state index in [1.807, 2.05) is 30.3 Å². The second kappa shape index (κ2) is 10.9. The van der Waals surface area contributed by atoms with E-state index in [1.54, 1.807) is 6.07 Å². The number of fused-ring (bicyclic) bond motifs is 6. The maximum absolute atomic E-state index is 10.0. The lowest BCUT2D eigenvalue weighted by Gasteiger charge is -2.17. The first-order valence-corrected chi connectivity index (χ1v) is 15.9. The van der Waals surface area contributed by atoms with Crippen LogP contribution in [0.2, 0.25) is 0 Å². The van der Waals surface area contributed by atoms with Crippen molar-refractivity contribution in [3.8, 4) is 39.7 Å². The van der Waals surface area contributed by atoms with Crippen molar-refractivity contribution in [1.29, 1.82) is 5.26 Å². The van der Waals surface area contributed by atoms with Gasteiger partial charge in [-0.15, -0.1) is 0 Å². The quantitative estimate of drug-likeness (QED) is 0.183. The van der Waals surface area contributed by atoms with Gasteiger partial charge in [0, 0.05) is 32.8 Å². The molecule has 0 saturated heterocycles. The lowest BCUT2D eigenvalue weighted by Crippen LogP contribution is -1.99. The van der Waals surface area contributed by atoms with Crippen molar-refractivity contribution in [2.45, 2.75) is 0 Å². The molecule has 4 heteroatoms. The second-order valence-corrected chi connectivity index (χ2v) is 12.0. The molecule has 0 unspecified atom stereocenters. The third-order valence-electron chi connectivity index (χ3n) is 9.36. The van der Waals surface area contributed by atoms with Gasteiger partial charge in [0.25, 0.3) is 0 Å². The Labute approximate surface area is 277 Å². The second-order valence-electron chi connectivity index (χ2n) is 12.0. The number of nitriles is 1. The maximum atomic E-state index is 10.0. The minimum Gasteiger partial charge on any atom is -0.318 e. The van der Waals surface area contributed by atoms with Crippen molar-refractivity contribution < 1.29 is 0 Å². The molecule has 7 aromatic carbocycles. The highest BCUT2D eigenvalue weighted by Gasteiger charge is 2.20. The van der Waals surface area contributed by atoms with Crippen LogP contribution in [0.15, 0.2) is 158 Å². The first kappa shape index (κ1) is 27.4. The Morgan fingerprint density at radius 3 is 1.50 bits per heavy atom. The molecule has 48 heavy (non-hydrogen) atoms. The van der Waals surface area contributed by atoms with Gasteiger partial charge in [-0.05, 0) is 76.9 Å². The average Bonchev–Trinajstić information content (AvgIpc) is 3.67. The predicted octanol–water partition coefficient (Wildman–Crippen LogP) is 11.6. The van der Waals surface area contributed by atoms with E-state index < -0.39 is 0 Å². The van der Waals surface area contributed by atoms with Gasteiger partial charge in [-0.25, -0.2) is 4.85 Å². The molecule has 0 amide bonds. The Hall–Kier alpha value is -6.88. The zero-order valence-corrected chi connectivity index (χ0v) is 25.8. The summed E-state index contributed by atoms with van der Waals surface area (Å²) in [6.45, 7) is 8.19. The molecule has 0 bridgehead atoms. The SMILES string of the molecule is [C-]#[N+]c1cc(C#N)cc(-c2cccc(-c3ccc(-n4c5ccccc5c5ccccc54)cc3)c2)c1-n1c2ccccc2c2ccccc21. The molecule has 9 rings (SSSR count). The summed E-state index contributed by atoms with van der Waals surface area (Å²) in [5.41, 5.74) is 11.1. The van der Waals surface area contributed by atoms with Crippen molar-refractivity contribution >= 4 is 49.3 Å². The number of benzene rings is 7. The largest absolute Gasteiger partial charge is 0.318 e. The fourth-order valence-corrected chi connectivity index (χ4v) is 7.26. The van der Waals surface area contributed by atoms with Gasteiger partial charge in [0.05, 0.1) is 40.4 Å². The third-order valence-corrected chi connectivity index (χ3v) is 9.36. The molecule has 0 aliphatic heterocycles. The molecule has 4 nitrogen and oxygen atoms in total. The van der Waals surface area contributed by atoms with Crippen LogP contribution in [0, 0.1) is 17.9 Å². The van der Waals surface area contributed by atoms with Crippen LogP contribution in [-0.4, -0.2) is 9.13 Å². The first-order valence-electron chi connectivity index (χ1n) is 15.9. The molecule has 2 heterocycles. The Morgan fingerprint density at radius 1 is 0.479 bits per heavy atom. The van der Waals surface area contributed by atoms with Crippen LogP contribution in [0.5, 0.6) is 0 Å². The molecule has 0 N–H and O–H groups in total. The van der Waals surface area contributed by atoms with Crippen molar-refractivity contribution in [2.24, 2.45) is 0 Å². The van der Waals surface area contributed by atoms with E-state index in [-0.39, 0.29) is 0 Å². The molecule has 0 spiro atoms. The number of hydrogen-bond donors (Lipinski definition) is 0. The standard InChI is InChI=1S/C44H26N4/c1-46-39-26-29(28-45)25-38(44(39)48-42-19-8-4-15-36(42)37-16-5-9-20-43(37)48)32-12-10-11-31(27-32)30-21-23-33(24-22-30)47-40-17-6-2-13-34(40)35-14-3-7-18-41(35)47/h2-27H. The lowest BCUT2D eigenvalue weighted by molar-refractivity contribution is 1.18. The number of hydrogen-bond acceptors (Lipinski definition) is 1. The fraction of sp³-hybridized carbons (Fsp3) is 0. The zero-order valence-electron chi connectivity index (χ0n) is 25.8. The molecule has 2 aromatic heterocycles. The summed E-state index contributed by atoms with van der Waals surface area (Å²) in [7, 11) is 0. The van der Waals surface area contributed by atoms with E-state index in [9.17, 15) is 5.26 Å². The normalized spacial score (nSPS) is 11.3. The summed E-state index contributed by atoms with van der Waals surface area (Å²) in [6.07, 6.45) is 0. The maximum Gasteiger partial charge on any atom is 0.212 e. The van der Waals surface area contributed by atoms with Gasteiger partial charge in [0.2, 0.25) is 5.69 Å². The topological polar surface area (TPSA) is 38.0 Å². The molecule has 0 atom stereocenters. The van der Waals surface area contributed by atoms with Gasteiger partial charge in [0.1, 0.15) is 0 Å². The lowest BCUT2D eigenvalue weighted by atomic mass is 9.95. The smallest absolute Gasteiger partial charge is 0.212 e. The molecule has 9 aromatic rings. The van der Waals surface area contributed by atoms with Crippen molar-refractivity contribution in [2.75, 3.05) is 0 Å². The van der Waals surface area contributed by atoms with E-state index in [0.29, 0.717) is 11.3 Å². The number of rotatable bonds is 4. The van der Waals surface area contributed by atoms with Crippen LogP contribution in [-0.2, 0) is 0 Å². The van der Waals surface area contributed by atoms with Crippen LogP contribution in [0.1, 0.15) is 5.56 Å². The van der Waals surface area contributed by atoms with Crippen LogP contribution in [0.3, 0.4) is 0 Å². The van der Waals surface area contributed by atoms with Gasteiger partial charge < -0.3 is 9.13 Å². The third kappa shape index (κ3) is 4.14. The molecule has 222 valence electrons. The Morgan fingerprint density at radius 2 is 0.979 bits per heavy atom. The summed E-state index contributed by atoms with van der Waals surface area (Å²) >= 11 is 0. The van der Waals surface area contributed by atoms with Gasteiger partial charge in [-0.3, -0.25) is 0 Å². The van der Waals surface area contributed by atoms with E-state index in [0.717, 1.165) is 55.4 Å². The molecule has 0 fully saturated rings. The Kier molecular flexibility index (Phi) is 6.22. The minimum atomic E-state index is 0.441. The van der Waals surface area contributed by atoms with Crippen molar-refractivity contribution in [1.82, 2.24) is 9.13 Å². The van der Waals surface area contributed by atoms with Crippen molar-refractivity contribution in [3.05, 3.63) is 175 Å². The van der Waals surface area contributed by atoms with Gasteiger partial charge >= 0.3 is 0 Å². The van der Waals surface area contributed by atoms with E-state index in [1.165, 1.54) is 21.8 Å². The van der Waals surface area contributed by atoms with Crippen LogP contribution in [0.25, 0.3) is 82.1 Å². The summed E-state index contributed by atoms with van der Waals surface area (Å²) in [6, 6.07) is 56.7. The van der Waals surface area contributed by atoms with Crippen LogP contribution >= 0.6 is 0 Å². The Balaban J connectivity index is 1.21. The van der Waals surface area contributed by atoms with Gasteiger partial charge in [-0.1, -0.05) is 103 Å². The molecule has 0 radical (unpaired) electrons. The highest BCUT2D eigenvalue weighted by atomic mass is 15.0. The average molecular weight is 611 g/mol. The van der Waals surface area contributed by atoms with E-state index in [2.05, 4.69) is 141 Å². The first-order chi connectivity index (χ1) is 23.7. The minimum absolute atomic E-state index is 0.441. The predicted molar refractivity (Wildman–Crippen MR) is 197 cm³/mol. The van der Waals surface area contributed by atoms with Gasteiger partial charge in [0.15, 0.2) is 0 Å². The molecule has 0 aliphatic rings. The zero-order chi connectivity index (χ0) is 32.2. The summed E-state index contributed by atoms with van der Waals surface area (Å²) in [5.74, 6) is 0. The number of para-hydroxylation sites is 4. The van der Waals surface area contributed by atoms with E-state index in [4.69, 9.17) is 6.57 Å². The number of aromatic nitrogens is 2. The summed E-state index contributed by atoms with van der Waals surface area (Å²) < 4.78 is 4.50. The van der Waals surface area contributed by atoms with E-state index >= 15 is 0 Å². The highest BCUT2D eigenvalue weighted by molar-refractivity contribution is 6.11. The molecule has 0 saturated carbocycles. The molecular formula is C44H26N4. The van der Waals surface area contributed by atoms with Crippen LogP contribution < -0.4 is 0 Å². The molecule has 0 aliphatic carbocycles. The molecular weight excluding hydrogens is 585 g/mol. The summed E-state index contributed by atoms with van der Waals surface area (Å²) in [5, 5.41) is 14.7. The Bertz CT molecular complexity index is 2690. The monoisotopic (exact) mass is 610 g/mol. The summed E-state index contributed by atoms with van der Waals surface area (Å²) in [4.78, 5) is 3.97. The highest BCUT2D eigenvalue weighted by Crippen LogP contribution is 2.42. The van der Waals surface area contributed by atoms with Crippen molar-refractivity contribution in [3.63, 3.8) is 0 Å². The van der Waals surface area contributed by atoms with Crippen LogP contribution in [0.4, 0.5) is 5.69 Å². The fourth-order valence-electron chi connectivity index (χ4n) is 7.26.